The molecule has 1 heterocycles. The molecule has 1 aliphatic heterocycles. The molecular weight excluding hydrogens is 382 g/mol. The molecule has 1 aromatic carbocycles. The molecule has 2 rings (SSSR count). The number of hydrogen-bond donors (Lipinski definition) is 0. The van der Waals surface area contributed by atoms with Gasteiger partial charge in [-0.2, -0.15) is 0 Å². The lowest BCUT2D eigenvalue weighted by atomic mass is 9.98. The Hall–Kier alpha value is -2.21. The highest BCUT2D eigenvalue weighted by Crippen LogP contribution is 2.27. The van der Waals surface area contributed by atoms with Gasteiger partial charge in [-0.3, -0.25) is 9.69 Å². The van der Waals surface area contributed by atoms with Gasteiger partial charge in [0.05, 0.1) is 6.04 Å². The van der Waals surface area contributed by atoms with Crippen LogP contribution in [0.2, 0.25) is 0 Å². The summed E-state index contributed by atoms with van der Waals surface area (Å²) in [7, 11) is 0. The van der Waals surface area contributed by atoms with E-state index in [0.717, 1.165) is 25.7 Å². The number of aryl methyl sites for hydroxylation is 1. The summed E-state index contributed by atoms with van der Waals surface area (Å²) in [5.41, 5.74) is 0.477. The number of rotatable bonds is 8. The van der Waals surface area contributed by atoms with Crippen molar-refractivity contribution < 1.29 is 23.9 Å². The fraction of sp³-hybridized carbons (Fsp3) is 0.625. The number of benzene rings is 1. The van der Waals surface area contributed by atoms with Gasteiger partial charge < -0.3 is 9.47 Å². The summed E-state index contributed by atoms with van der Waals surface area (Å²) in [6, 6.07) is 9.15. The highest BCUT2D eigenvalue weighted by atomic mass is 16.7. The third-order valence-electron chi connectivity index (χ3n) is 5.20. The first-order chi connectivity index (χ1) is 14.1. The number of Topliss-reactive ketones (excluding diaryl/α,β-unsaturated/α-hetero) is 1. The normalized spacial score (nSPS) is 18.3. The Kier molecular flexibility index (Phi) is 8.59. The number of esters is 1. The third kappa shape index (κ3) is 7.24. The van der Waals surface area contributed by atoms with E-state index in [1.165, 1.54) is 5.56 Å². The van der Waals surface area contributed by atoms with Crippen LogP contribution < -0.4 is 0 Å². The molecule has 0 amide bonds. The Labute approximate surface area is 179 Å². The summed E-state index contributed by atoms with van der Waals surface area (Å²) >= 11 is 0. The molecule has 1 aliphatic rings. The Balaban J connectivity index is 1.97. The van der Waals surface area contributed by atoms with Gasteiger partial charge in [-0.05, 0) is 64.5 Å². The third-order valence-corrected chi connectivity index (χ3v) is 5.20. The number of nitrogens with zero attached hydrogens (tertiary/aromatic N) is 1. The van der Waals surface area contributed by atoms with Gasteiger partial charge in [0, 0.05) is 6.42 Å². The van der Waals surface area contributed by atoms with Crippen LogP contribution in [0.15, 0.2) is 30.3 Å². The van der Waals surface area contributed by atoms with Crippen LogP contribution in [0, 0.1) is 5.92 Å². The Morgan fingerprint density at radius 1 is 1.13 bits per heavy atom. The average Bonchev–Trinajstić information content (AvgIpc) is 3.09. The number of hydrogen-bond acceptors (Lipinski definition) is 6. The van der Waals surface area contributed by atoms with E-state index in [4.69, 9.17) is 9.47 Å². The van der Waals surface area contributed by atoms with Crippen LogP contribution >= 0.6 is 0 Å². The van der Waals surface area contributed by atoms with E-state index in [1.54, 1.807) is 20.8 Å². The first-order valence-corrected chi connectivity index (χ1v) is 10.9. The van der Waals surface area contributed by atoms with E-state index in [2.05, 4.69) is 12.1 Å². The van der Waals surface area contributed by atoms with Crippen LogP contribution in [-0.4, -0.2) is 47.0 Å². The van der Waals surface area contributed by atoms with Gasteiger partial charge in [-0.15, -0.1) is 0 Å². The van der Waals surface area contributed by atoms with Gasteiger partial charge >= 0.3 is 12.1 Å². The van der Waals surface area contributed by atoms with Gasteiger partial charge in [0.15, 0.2) is 0 Å². The number of likely N-dealkylation sites (tertiary alicyclic amines) is 1. The quantitative estimate of drug-likeness (QED) is 0.456. The van der Waals surface area contributed by atoms with Crippen molar-refractivity contribution in [2.45, 2.75) is 84.4 Å². The van der Waals surface area contributed by atoms with Gasteiger partial charge in [-0.25, -0.2) is 9.59 Å². The summed E-state index contributed by atoms with van der Waals surface area (Å²) in [5, 5.41) is 0. The molecule has 0 saturated carbocycles. The second-order valence-electron chi connectivity index (χ2n) is 9.28. The average molecular weight is 418 g/mol. The monoisotopic (exact) mass is 417 g/mol. The van der Waals surface area contributed by atoms with Crippen molar-refractivity contribution in [3.63, 3.8) is 0 Å². The summed E-state index contributed by atoms with van der Waals surface area (Å²) in [6.07, 6.45) is 2.69. The lowest BCUT2D eigenvalue weighted by Crippen LogP contribution is -2.51. The van der Waals surface area contributed by atoms with Crippen LogP contribution in [0.25, 0.3) is 0 Å². The molecule has 1 unspecified atom stereocenters. The van der Waals surface area contributed by atoms with Crippen LogP contribution in [0.1, 0.15) is 65.9 Å². The Morgan fingerprint density at radius 2 is 1.80 bits per heavy atom. The number of carbonyl (C=O) groups is 3. The molecule has 1 fully saturated rings. The number of ketones is 1. The zero-order valence-corrected chi connectivity index (χ0v) is 18.8. The smallest absolute Gasteiger partial charge is 0.428 e. The Bertz CT molecular complexity index is 723. The number of carbonyl (C=O) groups excluding carboxylic acids is 3. The maximum Gasteiger partial charge on any atom is 0.516 e. The van der Waals surface area contributed by atoms with Crippen molar-refractivity contribution in [3.8, 4) is 0 Å². The van der Waals surface area contributed by atoms with Crippen molar-refractivity contribution in [1.82, 2.24) is 4.90 Å². The highest BCUT2D eigenvalue weighted by molar-refractivity contribution is 5.88. The summed E-state index contributed by atoms with van der Waals surface area (Å²) in [5.74, 6) is -0.597. The summed E-state index contributed by atoms with van der Waals surface area (Å²) in [4.78, 5) is 39.5. The van der Waals surface area contributed by atoms with Crippen molar-refractivity contribution in [3.05, 3.63) is 35.9 Å². The molecular formula is C24H35NO5. The molecule has 1 aromatic rings. The zero-order chi connectivity index (χ0) is 22.3. The van der Waals surface area contributed by atoms with E-state index in [9.17, 15) is 14.4 Å². The molecule has 0 aromatic heterocycles. The minimum Gasteiger partial charge on any atom is -0.428 e. The molecule has 0 bridgehead atoms. The van der Waals surface area contributed by atoms with Crippen LogP contribution in [-0.2, 0) is 25.5 Å². The van der Waals surface area contributed by atoms with Crippen molar-refractivity contribution >= 4 is 17.9 Å². The molecule has 1 saturated heterocycles. The topological polar surface area (TPSA) is 72.9 Å². The predicted molar refractivity (Wildman–Crippen MR) is 115 cm³/mol. The fourth-order valence-corrected chi connectivity index (χ4v) is 3.95. The predicted octanol–water partition coefficient (Wildman–Crippen LogP) is 4.55. The van der Waals surface area contributed by atoms with Crippen molar-refractivity contribution in [2.24, 2.45) is 5.92 Å². The second kappa shape index (κ2) is 10.7. The first kappa shape index (κ1) is 24.1. The summed E-state index contributed by atoms with van der Waals surface area (Å²) < 4.78 is 10.1. The lowest BCUT2D eigenvalue weighted by Gasteiger charge is -2.33. The highest BCUT2D eigenvalue weighted by Gasteiger charge is 2.41. The standard InChI is InChI=1S/C24H35NO5/c1-17(2)21(22(27)29-23(28)30-24(3,4)5)25-16-10-14-19(25)20(26)15-9-13-18-11-7-6-8-12-18/h6-8,11-12,17,19,21H,9-10,13-16H2,1-5H3/t19?,21-/m0/s1. The number of ether oxygens (including phenoxy) is 2. The van der Waals surface area contributed by atoms with E-state index in [1.807, 2.05) is 36.9 Å². The Morgan fingerprint density at radius 3 is 2.40 bits per heavy atom. The molecule has 2 atom stereocenters. The molecule has 0 spiro atoms. The van der Waals surface area contributed by atoms with Gasteiger partial charge in [0.25, 0.3) is 0 Å². The minimum atomic E-state index is -0.997. The van der Waals surface area contributed by atoms with Gasteiger partial charge in [0.1, 0.15) is 17.4 Å². The first-order valence-electron chi connectivity index (χ1n) is 10.9. The molecule has 166 valence electrons. The molecule has 6 nitrogen and oxygen atoms in total. The van der Waals surface area contributed by atoms with E-state index >= 15 is 0 Å². The molecule has 6 heteroatoms. The molecule has 0 N–H and O–H groups in total. The van der Waals surface area contributed by atoms with Crippen LogP contribution in [0.5, 0.6) is 0 Å². The fourth-order valence-electron chi connectivity index (χ4n) is 3.95. The van der Waals surface area contributed by atoms with E-state index < -0.39 is 23.8 Å². The maximum atomic E-state index is 12.9. The SMILES string of the molecule is CC(C)[C@@H](C(=O)OC(=O)OC(C)(C)C)N1CCCC1C(=O)CCCc1ccccc1. The van der Waals surface area contributed by atoms with Crippen LogP contribution in [0.3, 0.4) is 0 Å². The molecule has 0 radical (unpaired) electrons. The van der Waals surface area contributed by atoms with E-state index in [0.29, 0.717) is 13.0 Å². The summed E-state index contributed by atoms with van der Waals surface area (Å²) in [6.45, 7) is 9.57. The van der Waals surface area contributed by atoms with E-state index in [-0.39, 0.29) is 17.7 Å². The van der Waals surface area contributed by atoms with Crippen LogP contribution in [0.4, 0.5) is 4.79 Å². The van der Waals surface area contributed by atoms with Crippen molar-refractivity contribution in [2.75, 3.05) is 6.54 Å². The van der Waals surface area contributed by atoms with Gasteiger partial charge in [-0.1, -0.05) is 44.2 Å². The second-order valence-corrected chi connectivity index (χ2v) is 9.28. The maximum absolute atomic E-state index is 12.9. The largest absolute Gasteiger partial charge is 0.516 e. The molecule has 30 heavy (non-hydrogen) atoms. The van der Waals surface area contributed by atoms with Gasteiger partial charge in [0.2, 0.25) is 0 Å². The zero-order valence-electron chi connectivity index (χ0n) is 18.8. The van der Waals surface area contributed by atoms with Crippen molar-refractivity contribution in [1.29, 1.82) is 0 Å². The lowest BCUT2D eigenvalue weighted by molar-refractivity contribution is -0.150. The molecule has 0 aliphatic carbocycles. The minimum absolute atomic E-state index is 0.0994.